The molecule has 27 heavy (non-hydrogen) atoms. The second-order valence-corrected chi connectivity index (χ2v) is 7.63. The molecule has 0 aliphatic carbocycles. The zero-order valence-corrected chi connectivity index (χ0v) is 15.7. The minimum Gasteiger partial charge on any atom is -0.347 e. The number of fused-ring (bicyclic) bond motifs is 1. The summed E-state index contributed by atoms with van der Waals surface area (Å²) in [5, 5.41) is 10.9. The predicted molar refractivity (Wildman–Crippen MR) is 101 cm³/mol. The van der Waals surface area contributed by atoms with Crippen LogP contribution in [-0.4, -0.2) is 51.7 Å². The van der Waals surface area contributed by atoms with Crippen molar-refractivity contribution >= 4 is 11.8 Å². The maximum absolute atomic E-state index is 12.9. The highest BCUT2D eigenvalue weighted by molar-refractivity contribution is 5.94. The van der Waals surface area contributed by atoms with Crippen molar-refractivity contribution in [3.63, 3.8) is 0 Å². The number of hydrogen-bond donors (Lipinski definition) is 2. The third-order valence-electron chi connectivity index (χ3n) is 5.76. The number of aryl methyl sites for hydroxylation is 1. The number of aromatic nitrogens is 2. The summed E-state index contributed by atoms with van der Waals surface area (Å²) in [5.41, 5.74) is 1.35. The van der Waals surface area contributed by atoms with Crippen LogP contribution in [0.5, 0.6) is 0 Å². The molecule has 2 aromatic rings. The Morgan fingerprint density at radius 2 is 2.07 bits per heavy atom. The molecule has 0 unspecified atom stereocenters. The van der Waals surface area contributed by atoms with Crippen LogP contribution >= 0.6 is 0 Å². The van der Waals surface area contributed by atoms with Crippen LogP contribution in [0.25, 0.3) is 0 Å². The van der Waals surface area contributed by atoms with Crippen molar-refractivity contribution in [3.05, 3.63) is 53.9 Å². The average Bonchev–Trinajstić information content (AvgIpc) is 3.24. The van der Waals surface area contributed by atoms with E-state index in [1.54, 1.807) is 31.0 Å². The molecule has 0 saturated carbocycles. The fourth-order valence-electron chi connectivity index (χ4n) is 4.64. The van der Waals surface area contributed by atoms with Gasteiger partial charge in [-0.25, -0.2) is 0 Å². The van der Waals surface area contributed by atoms with Gasteiger partial charge < -0.3 is 15.5 Å². The SMILES string of the molecule is CC(=O)N[C@]12CN[C@H](c3ccccc3)[C@H]1CCN(C(=O)c1cnn(C)c1)C2. The third kappa shape index (κ3) is 3.23. The van der Waals surface area contributed by atoms with Crippen molar-refractivity contribution in [3.8, 4) is 0 Å². The number of nitrogens with zero attached hydrogens (tertiary/aromatic N) is 3. The number of rotatable bonds is 3. The molecule has 1 aromatic heterocycles. The molecule has 0 bridgehead atoms. The lowest BCUT2D eigenvalue weighted by atomic mass is 9.75. The molecule has 7 nitrogen and oxygen atoms in total. The first-order valence-corrected chi connectivity index (χ1v) is 9.33. The first-order valence-electron chi connectivity index (χ1n) is 9.33. The molecule has 0 spiro atoms. The Kier molecular flexibility index (Phi) is 4.47. The molecule has 2 N–H and O–H groups in total. The summed E-state index contributed by atoms with van der Waals surface area (Å²) in [4.78, 5) is 26.8. The molecule has 4 rings (SSSR count). The maximum Gasteiger partial charge on any atom is 0.257 e. The monoisotopic (exact) mass is 367 g/mol. The van der Waals surface area contributed by atoms with Crippen molar-refractivity contribution < 1.29 is 9.59 Å². The topological polar surface area (TPSA) is 79.3 Å². The van der Waals surface area contributed by atoms with Gasteiger partial charge in [-0.3, -0.25) is 14.3 Å². The van der Waals surface area contributed by atoms with Crippen molar-refractivity contribution in [2.24, 2.45) is 13.0 Å². The van der Waals surface area contributed by atoms with Crippen LogP contribution in [0.1, 0.15) is 35.3 Å². The van der Waals surface area contributed by atoms with E-state index in [2.05, 4.69) is 27.9 Å². The van der Waals surface area contributed by atoms with Crippen molar-refractivity contribution in [1.82, 2.24) is 25.3 Å². The van der Waals surface area contributed by atoms with Crippen molar-refractivity contribution in [2.75, 3.05) is 19.6 Å². The number of likely N-dealkylation sites (tertiary alicyclic amines) is 1. The van der Waals surface area contributed by atoms with E-state index in [9.17, 15) is 9.59 Å². The molecular formula is C20H25N5O2. The molecule has 0 radical (unpaired) electrons. The second kappa shape index (κ2) is 6.81. The molecule has 3 atom stereocenters. The summed E-state index contributed by atoms with van der Waals surface area (Å²) in [6.07, 6.45) is 4.16. The van der Waals surface area contributed by atoms with Gasteiger partial charge in [0.1, 0.15) is 0 Å². The Morgan fingerprint density at radius 1 is 1.30 bits per heavy atom. The van der Waals surface area contributed by atoms with Gasteiger partial charge in [0.2, 0.25) is 5.91 Å². The van der Waals surface area contributed by atoms with Gasteiger partial charge in [0.05, 0.1) is 17.3 Å². The minimum atomic E-state index is -0.456. The number of hydrogen-bond acceptors (Lipinski definition) is 4. The molecule has 1 aromatic carbocycles. The van der Waals surface area contributed by atoms with Gasteiger partial charge in [0.25, 0.3) is 5.91 Å². The number of amides is 2. The van der Waals surface area contributed by atoms with E-state index < -0.39 is 5.54 Å². The Hall–Kier alpha value is -2.67. The van der Waals surface area contributed by atoms with E-state index in [0.717, 1.165) is 6.42 Å². The summed E-state index contributed by atoms with van der Waals surface area (Å²) in [6, 6.07) is 10.5. The molecular weight excluding hydrogens is 342 g/mol. The third-order valence-corrected chi connectivity index (χ3v) is 5.76. The standard InChI is InChI=1S/C20H25N5O2/c1-14(26)23-20-12-21-18(15-6-4-3-5-7-15)17(20)8-9-25(13-20)19(27)16-10-22-24(2)11-16/h3-7,10-11,17-18,21H,8-9,12-13H2,1-2H3,(H,23,26)/t17-,18-,20+/m1/s1. The van der Waals surface area contributed by atoms with Gasteiger partial charge in [-0.2, -0.15) is 5.10 Å². The van der Waals surface area contributed by atoms with Gasteiger partial charge in [0.15, 0.2) is 0 Å². The summed E-state index contributed by atoms with van der Waals surface area (Å²) in [5.74, 6) is 0.141. The van der Waals surface area contributed by atoms with Gasteiger partial charge in [-0.15, -0.1) is 0 Å². The minimum absolute atomic E-state index is 0.0329. The number of benzene rings is 1. The maximum atomic E-state index is 12.9. The van der Waals surface area contributed by atoms with E-state index in [0.29, 0.717) is 25.2 Å². The summed E-state index contributed by atoms with van der Waals surface area (Å²) < 4.78 is 1.63. The Morgan fingerprint density at radius 3 is 2.74 bits per heavy atom. The Labute approximate surface area is 158 Å². The van der Waals surface area contributed by atoms with Crippen LogP contribution in [0.15, 0.2) is 42.7 Å². The molecule has 2 amide bonds. The Balaban J connectivity index is 1.60. The van der Waals surface area contributed by atoms with E-state index in [1.807, 2.05) is 23.1 Å². The lowest BCUT2D eigenvalue weighted by Gasteiger charge is -2.45. The number of piperidine rings is 1. The normalized spacial score (nSPS) is 27.3. The van der Waals surface area contributed by atoms with Gasteiger partial charge in [-0.05, 0) is 12.0 Å². The van der Waals surface area contributed by atoms with Crippen LogP contribution in [0, 0.1) is 5.92 Å². The van der Waals surface area contributed by atoms with E-state index in [-0.39, 0.29) is 23.8 Å². The fourth-order valence-corrected chi connectivity index (χ4v) is 4.64. The molecule has 7 heteroatoms. The van der Waals surface area contributed by atoms with Crippen LogP contribution < -0.4 is 10.6 Å². The first kappa shape index (κ1) is 17.7. The predicted octanol–water partition coefficient (Wildman–Crippen LogP) is 1.10. The lowest BCUT2D eigenvalue weighted by molar-refractivity contribution is -0.122. The fraction of sp³-hybridized carbons (Fsp3) is 0.450. The largest absolute Gasteiger partial charge is 0.347 e. The van der Waals surface area contributed by atoms with Gasteiger partial charge in [0, 0.05) is 51.8 Å². The second-order valence-electron chi connectivity index (χ2n) is 7.63. The molecule has 142 valence electrons. The van der Waals surface area contributed by atoms with Crippen LogP contribution in [0.4, 0.5) is 0 Å². The summed E-state index contributed by atoms with van der Waals surface area (Å²) in [7, 11) is 1.80. The van der Waals surface area contributed by atoms with Gasteiger partial charge in [-0.1, -0.05) is 30.3 Å². The lowest BCUT2D eigenvalue weighted by Crippen LogP contribution is -2.64. The van der Waals surface area contributed by atoms with E-state index in [4.69, 9.17) is 0 Å². The van der Waals surface area contributed by atoms with Crippen LogP contribution in [0.2, 0.25) is 0 Å². The van der Waals surface area contributed by atoms with Crippen LogP contribution in [0.3, 0.4) is 0 Å². The summed E-state index contributed by atoms with van der Waals surface area (Å²) >= 11 is 0. The zero-order valence-electron chi connectivity index (χ0n) is 15.7. The highest BCUT2D eigenvalue weighted by Gasteiger charge is 2.53. The highest BCUT2D eigenvalue weighted by atomic mass is 16.2. The molecule has 2 aliphatic heterocycles. The Bertz CT molecular complexity index is 849. The quantitative estimate of drug-likeness (QED) is 0.852. The van der Waals surface area contributed by atoms with Crippen LogP contribution in [-0.2, 0) is 11.8 Å². The number of carbonyl (C=O) groups excluding carboxylic acids is 2. The smallest absolute Gasteiger partial charge is 0.257 e. The molecule has 2 fully saturated rings. The summed E-state index contributed by atoms with van der Waals surface area (Å²) in [6.45, 7) is 3.36. The first-order chi connectivity index (χ1) is 13.0. The highest BCUT2D eigenvalue weighted by Crippen LogP contribution is 2.42. The average molecular weight is 367 g/mol. The molecule has 2 saturated heterocycles. The van der Waals surface area contributed by atoms with Crippen molar-refractivity contribution in [1.29, 1.82) is 0 Å². The van der Waals surface area contributed by atoms with E-state index >= 15 is 0 Å². The van der Waals surface area contributed by atoms with Crippen molar-refractivity contribution in [2.45, 2.75) is 24.9 Å². The zero-order chi connectivity index (χ0) is 19.0. The number of nitrogens with one attached hydrogen (secondary N) is 2. The van der Waals surface area contributed by atoms with E-state index in [1.165, 1.54) is 5.56 Å². The molecule has 3 heterocycles. The van der Waals surface area contributed by atoms with Gasteiger partial charge >= 0.3 is 0 Å². The number of carbonyl (C=O) groups is 2. The molecule has 2 aliphatic rings.